The third kappa shape index (κ3) is 3.44. The highest BCUT2D eigenvalue weighted by Gasteiger charge is 2.02. The molecule has 0 radical (unpaired) electrons. The van der Waals surface area contributed by atoms with Crippen LogP contribution in [0.2, 0.25) is 0 Å². The average molecular weight is 256 g/mol. The largest absolute Gasteiger partial charge is 0.370 e. The van der Waals surface area contributed by atoms with Gasteiger partial charge in [0.05, 0.1) is 12.1 Å². The molecule has 2 aromatic rings. The first kappa shape index (κ1) is 13.3. The number of rotatable bonds is 4. The lowest BCUT2D eigenvalue weighted by atomic mass is 10.1. The number of hydrogen-bond acceptors (Lipinski definition) is 2. The van der Waals surface area contributed by atoms with Gasteiger partial charge in [-0.3, -0.25) is 4.98 Å². The van der Waals surface area contributed by atoms with Crippen molar-refractivity contribution in [3.63, 3.8) is 0 Å². The van der Waals surface area contributed by atoms with Crippen molar-refractivity contribution in [3.8, 4) is 0 Å². The predicted octanol–water partition coefficient (Wildman–Crippen LogP) is 2.44. The number of fused-ring (bicyclic) bond motifs is 1. The van der Waals surface area contributed by atoms with E-state index >= 15 is 0 Å². The Morgan fingerprint density at radius 2 is 2.16 bits per heavy atom. The van der Waals surface area contributed by atoms with Crippen molar-refractivity contribution in [1.29, 1.82) is 0 Å². The maximum Gasteiger partial charge on any atom is 0.189 e. The second kappa shape index (κ2) is 6.18. The molecule has 1 heterocycles. The van der Waals surface area contributed by atoms with E-state index in [9.17, 15) is 0 Å². The smallest absolute Gasteiger partial charge is 0.189 e. The molecule has 1 aromatic carbocycles. The van der Waals surface area contributed by atoms with Crippen molar-refractivity contribution < 1.29 is 0 Å². The van der Waals surface area contributed by atoms with Gasteiger partial charge in [-0.05, 0) is 31.0 Å². The van der Waals surface area contributed by atoms with E-state index < -0.39 is 0 Å². The maximum atomic E-state index is 5.87. The van der Waals surface area contributed by atoms with E-state index in [1.807, 2.05) is 30.5 Å². The summed E-state index contributed by atoms with van der Waals surface area (Å²) in [6.45, 7) is 4.77. The molecule has 0 fully saturated rings. The number of para-hydroxylation sites is 1. The van der Waals surface area contributed by atoms with E-state index in [1.165, 1.54) is 0 Å². The minimum Gasteiger partial charge on any atom is -0.370 e. The van der Waals surface area contributed by atoms with Crippen LogP contribution >= 0.6 is 0 Å². The van der Waals surface area contributed by atoms with Gasteiger partial charge in [0.15, 0.2) is 5.96 Å². The van der Waals surface area contributed by atoms with Crippen LogP contribution in [-0.4, -0.2) is 17.0 Å². The summed E-state index contributed by atoms with van der Waals surface area (Å²) >= 11 is 0. The first-order valence-electron chi connectivity index (χ1n) is 6.59. The van der Waals surface area contributed by atoms with Crippen molar-refractivity contribution >= 4 is 16.9 Å². The van der Waals surface area contributed by atoms with E-state index in [2.05, 4.69) is 35.2 Å². The molecular formula is C15H20N4. The molecule has 1 atom stereocenters. The van der Waals surface area contributed by atoms with Crippen molar-refractivity contribution in [3.05, 3.63) is 42.1 Å². The number of nitrogens with zero attached hydrogens (tertiary/aromatic N) is 2. The summed E-state index contributed by atoms with van der Waals surface area (Å²) in [4.78, 5) is 8.72. The fourth-order valence-electron chi connectivity index (χ4n) is 1.86. The number of nitrogens with two attached hydrogens (primary N) is 1. The molecule has 2 rings (SSSR count). The van der Waals surface area contributed by atoms with Gasteiger partial charge < -0.3 is 11.1 Å². The van der Waals surface area contributed by atoms with Gasteiger partial charge in [0, 0.05) is 17.6 Å². The van der Waals surface area contributed by atoms with Gasteiger partial charge in [0.25, 0.3) is 0 Å². The van der Waals surface area contributed by atoms with Crippen LogP contribution in [-0.2, 0) is 6.54 Å². The average Bonchev–Trinajstić information content (AvgIpc) is 2.44. The first-order chi connectivity index (χ1) is 9.20. The molecule has 1 aromatic heterocycles. The molecule has 0 saturated carbocycles. The maximum absolute atomic E-state index is 5.87. The Morgan fingerprint density at radius 1 is 1.37 bits per heavy atom. The molecule has 0 bridgehead atoms. The van der Waals surface area contributed by atoms with Crippen LogP contribution < -0.4 is 11.1 Å². The van der Waals surface area contributed by atoms with Crippen LogP contribution in [0.25, 0.3) is 10.9 Å². The minimum absolute atomic E-state index is 0.345. The van der Waals surface area contributed by atoms with Gasteiger partial charge in [-0.25, -0.2) is 4.99 Å². The molecular weight excluding hydrogens is 236 g/mol. The van der Waals surface area contributed by atoms with Gasteiger partial charge in [-0.15, -0.1) is 0 Å². The van der Waals surface area contributed by atoms with Crippen LogP contribution in [0.3, 0.4) is 0 Å². The van der Waals surface area contributed by atoms with Gasteiger partial charge in [-0.2, -0.15) is 0 Å². The monoisotopic (exact) mass is 256 g/mol. The Kier molecular flexibility index (Phi) is 4.34. The van der Waals surface area contributed by atoms with Crippen molar-refractivity contribution in [1.82, 2.24) is 10.3 Å². The molecule has 0 saturated heterocycles. The summed E-state index contributed by atoms with van der Waals surface area (Å²) < 4.78 is 0. The zero-order valence-electron chi connectivity index (χ0n) is 11.4. The van der Waals surface area contributed by atoms with E-state index in [4.69, 9.17) is 5.73 Å². The summed E-state index contributed by atoms with van der Waals surface area (Å²) in [6, 6.07) is 10.4. The van der Waals surface area contributed by atoms with Gasteiger partial charge in [0.2, 0.25) is 0 Å². The molecule has 0 aliphatic heterocycles. The molecule has 3 N–H and O–H groups in total. The highest BCUT2D eigenvalue weighted by atomic mass is 15.1. The number of nitrogens with one attached hydrogen (secondary N) is 1. The number of hydrogen-bond donors (Lipinski definition) is 2. The van der Waals surface area contributed by atoms with Gasteiger partial charge in [-0.1, -0.05) is 25.1 Å². The standard InChI is InChI=1S/C15H20N4/c1-3-11(2)19-15(16)18-10-12-8-9-17-14-7-5-4-6-13(12)14/h4-9,11H,3,10H2,1-2H3,(H3,16,18,19). The van der Waals surface area contributed by atoms with Crippen molar-refractivity contribution in [2.75, 3.05) is 0 Å². The second-order valence-corrected chi connectivity index (χ2v) is 4.64. The van der Waals surface area contributed by atoms with Crippen LogP contribution in [0.1, 0.15) is 25.8 Å². The van der Waals surface area contributed by atoms with Crippen LogP contribution in [0, 0.1) is 0 Å². The van der Waals surface area contributed by atoms with Gasteiger partial charge in [0.1, 0.15) is 0 Å². The molecule has 4 heteroatoms. The Morgan fingerprint density at radius 3 is 2.95 bits per heavy atom. The lowest BCUT2D eigenvalue weighted by Crippen LogP contribution is -2.38. The van der Waals surface area contributed by atoms with Crippen LogP contribution in [0.5, 0.6) is 0 Å². The zero-order valence-corrected chi connectivity index (χ0v) is 11.4. The summed E-state index contributed by atoms with van der Waals surface area (Å²) in [5.41, 5.74) is 7.99. The Bertz CT molecular complexity index is 572. The van der Waals surface area contributed by atoms with Crippen LogP contribution in [0.15, 0.2) is 41.5 Å². The number of benzene rings is 1. The SMILES string of the molecule is CCC(C)NC(N)=NCc1ccnc2ccccc12. The highest BCUT2D eigenvalue weighted by Crippen LogP contribution is 2.16. The molecule has 100 valence electrons. The Labute approximate surface area is 113 Å². The highest BCUT2D eigenvalue weighted by molar-refractivity contribution is 5.82. The van der Waals surface area contributed by atoms with Crippen molar-refractivity contribution in [2.24, 2.45) is 10.7 Å². The number of guanidine groups is 1. The lowest BCUT2D eigenvalue weighted by Gasteiger charge is -2.11. The molecule has 19 heavy (non-hydrogen) atoms. The molecule has 4 nitrogen and oxygen atoms in total. The number of pyridine rings is 1. The third-order valence-electron chi connectivity index (χ3n) is 3.17. The van der Waals surface area contributed by atoms with E-state index in [0.717, 1.165) is 22.9 Å². The zero-order chi connectivity index (χ0) is 13.7. The molecule has 0 aliphatic carbocycles. The topological polar surface area (TPSA) is 63.3 Å². The normalized spacial score (nSPS) is 13.5. The van der Waals surface area contributed by atoms with E-state index in [0.29, 0.717) is 18.5 Å². The fraction of sp³-hybridized carbons (Fsp3) is 0.333. The van der Waals surface area contributed by atoms with Crippen LogP contribution in [0.4, 0.5) is 0 Å². The minimum atomic E-state index is 0.345. The molecule has 0 amide bonds. The molecule has 0 aliphatic rings. The third-order valence-corrected chi connectivity index (χ3v) is 3.17. The number of aliphatic imine (C=N–C) groups is 1. The lowest BCUT2D eigenvalue weighted by molar-refractivity contribution is 0.636. The predicted molar refractivity (Wildman–Crippen MR) is 80.0 cm³/mol. The van der Waals surface area contributed by atoms with Gasteiger partial charge >= 0.3 is 0 Å². The second-order valence-electron chi connectivity index (χ2n) is 4.64. The number of aromatic nitrogens is 1. The summed E-state index contributed by atoms with van der Waals surface area (Å²) in [7, 11) is 0. The Balaban J connectivity index is 2.15. The van der Waals surface area contributed by atoms with Crippen molar-refractivity contribution in [2.45, 2.75) is 32.9 Å². The molecule has 0 spiro atoms. The molecule has 1 unspecified atom stereocenters. The first-order valence-corrected chi connectivity index (χ1v) is 6.59. The fourth-order valence-corrected chi connectivity index (χ4v) is 1.86. The quantitative estimate of drug-likeness (QED) is 0.652. The van der Waals surface area contributed by atoms with E-state index in [1.54, 1.807) is 0 Å². The Hall–Kier alpha value is -2.10. The summed E-state index contributed by atoms with van der Waals surface area (Å²) in [5, 5.41) is 4.29. The van der Waals surface area contributed by atoms with E-state index in [-0.39, 0.29) is 0 Å². The summed E-state index contributed by atoms with van der Waals surface area (Å²) in [6.07, 6.45) is 2.83. The summed E-state index contributed by atoms with van der Waals surface area (Å²) in [5.74, 6) is 0.496.